The highest BCUT2D eigenvalue weighted by atomic mass is 16.4. The fraction of sp³-hybridized carbons (Fsp3) is 0.519. The smallest absolute Gasteiger partial charge is 0.332 e. The fourth-order valence-electron chi connectivity index (χ4n) is 5.11. The van der Waals surface area contributed by atoms with Gasteiger partial charge in [0.2, 0.25) is 17.7 Å². The van der Waals surface area contributed by atoms with Crippen molar-refractivity contribution in [3.05, 3.63) is 56.6 Å². The van der Waals surface area contributed by atoms with E-state index in [4.69, 9.17) is 9.40 Å². The number of unbranched alkanes of at least 4 members (excludes halogenated alkanes) is 3. The number of piperazine rings is 1. The number of hydrogen-bond donors (Lipinski definition) is 0. The van der Waals surface area contributed by atoms with Gasteiger partial charge in [0.25, 0.3) is 5.56 Å². The quantitative estimate of drug-likeness (QED) is 0.310. The summed E-state index contributed by atoms with van der Waals surface area (Å²) >= 11 is 0. The van der Waals surface area contributed by atoms with Crippen molar-refractivity contribution in [2.75, 3.05) is 37.6 Å². The molecule has 0 aliphatic carbocycles. The van der Waals surface area contributed by atoms with Gasteiger partial charge in [-0.15, -0.1) is 10.2 Å². The summed E-state index contributed by atoms with van der Waals surface area (Å²) in [4.78, 5) is 35.4. The third-order valence-electron chi connectivity index (χ3n) is 7.34. The molecule has 0 N–H and O–H groups in total. The average molecular weight is 521 g/mol. The first-order chi connectivity index (χ1) is 18.4. The van der Waals surface area contributed by atoms with Gasteiger partial charge in [-0.25, -0.2) is 4.79 Å². The minimum atomic E-state index is -0.407. The highest BCUT2D eigenvalue weighted by Crippen LogP contribution is 2.24. The standard InChI is InChI=1S/C27H36N8O3/c1-5-6-7-8-12-33-13-15-34(16-14-33)26-28-23-22(25(36)32(4)27(37)31(23)3)35(26)18-21-29-30-24(38-21)20-11-9-10-19(2)17-20/h9-11,17H,5-8,12-16,18H2,1-4H3. The van der Waals surface area contributed by atoms with Crippen LogP contribution in [0.1, 0.15) is 44.1 Å². The molecule has 1 saturated heterocycles. The van der Waals surface area contributed by atoms with Crippen molar-refractivity contribution in [1.82, 2.24) is 33.8 Å². The number of rotatable bonds is 9. The Balaban J connectivity index is 1.47. The Bertz CT molecular complexity index is 1540. The van der Waals surface area contributed by atoms with Crippen molar-refractivity contribution in [1.29, 1.82) is 0 Å². The van der Waals surface area contributed by atoms with Gasteiger partial charge < -0.3 is 9.32 Å². The van der Waals surface area contributed by atoms with Gasteiger partial charge in [-0.1, -0.05) is 43.9 Å². The van der Waals surface area contributed by atoms with Crippen LogP contribution in [0.3, 0.4) is 0 Å². The molecular weight excluding hydrogens is 484 g/mol. The first kappa shape index (κ1) is 25.9. The van der Waals surface area contributed by atoms with E-state index in [9.17, 15) is 9.59 Å². The number of fused-ring (bicyclic) bond motifs is 1. The number of aryl methyl sites for hydroxylation is 2. The van der Waals surface area contributed by atoms with Crippen molar-refractivity contribution in [3.63, 3.8) is 0 Å². The first-order valence-electron chi connectivity index (χ1n) is 13.4. The highest BCUT2D eigenvalue weighted by molar-refractivity contribution is 5.74. The van der Waals surface area contributed by atoms with Gasteiger partial charge in [-0.05, 0) is 32.0 Å². The van der Waals surface area contributed by atoms with Crippen LogP contribution in [0.15, 0.2) is 38.3 Å². The Hall–Kier alpha value is -3.73. The van der Waals surface area contributed by atoms with Crippen LogP contribution in [0, 0.1) is 6.92 Å². The zero-order valence-electron chi connectivity index (χ0n) is 22.7. The number of nitrogens with zero attached hydrogens (tertiary/aromatic N) is 8. The normalized spacial score (nSPS) is 14.6. The largest absolute Gasteiger partial charge is 0.419 e. The van der Waals surface area contributed by atoms with Crippen LogP contribution < -0.4 is 16.1 Å². The van der Waals surface area contributed by atoms with Crippen molar-refractivity contribution in [2.24, 2.45) is 14.1 Å². The zero-order valence-corrected chi connectivity index (χ0v) is 22.7. The SMILES string of the molecule is CCCCCCN1CCN(c2nc3c(c(=O)n(C)c(=O)n3C)n2Cc2nnc(-c3cccc(C)c3)o2)CC1. The Labute approximate surface area is 221 Å². The third-order valence-corrected chi connectivity index (χ3v) is 7.34. The van der Waals surface area contributed by atoms with E-state index in [0.29, 0.717) is 28.9 Å². The van der Waals surface area contributed by atoms with Crippen LogP contribution in [-0.2, 0) is 20.6 Å². The summed E-state index contributed by atoms with van der Waals surface area (Å²) in [7, 11) is 3.13. The third kappa shape index (κ3) is 5.02. The summed E-state index contributed by atoms with van der Waals surface area (Å²) in [6, 6.07) is 7.87. The van der Waals surface area contributed by atoms with E-state index in [-0.39, 0.29) is 6.54 Å². The minimum absolute atomic E-state index is 0.176. The number of benzene rings is 1. The summed E-state index contributed by atoms with van der Waals surface area (Å²) < 4.78 is 10.4. The van der Waals surface area contributed by atoms with Gasteiger partial charge in [0, 0.05) is 45.8 Å². The van der Waals surface area contributed by atoms with Crippen LogP contribution >= 0.6 is 0 Å². The molecule has 38 heavy (non-hydrogen) atoms. The summed E-state index contributed by atoms with van der Waals surface area (Å²) in [6.07, 6.45) is 4.99. The minimum Gasteiger partial charge on any atom is -0.419 e. The average Bonchev–Trinajstić information content (AvgIpc) is 3.55. The first-order valence-corrected chi connectivity index (χ1v) is 13.4. The maximum atomic E-state index is 13.3. The molecule has 1 aliphatic heterocycles. The van der Waals surface area contributed by atoms with Crippen molar-refractivity contribution in [2.45, 2.75) is 46.1 Å². The van der Waals surface area contributed by atoms with E-state index < -0.39 is 11.2 Å². The van der Waals surface area contributed by atoms with Crippen molar-refractivity contribution >= 4 is 17.1 Å². The molecule has 0 atom stereocenters. The Morgan fingerprint density at radius 1 is 0.974 bits per heavy atom. The topological polar surface area (TPSA) is 107 Å². The molecule has 1 fully saturated rings. The van der Waals surface area contributed by atoms with Crippen LogP contribution in [0.4, 0.5) is 5.95 Å². The summed E-state index contributed by atoms with van der Waals surface area (Å²) in [5.41, 5.74) is 1.84. The van der Waals surface area contributed by atoms with E-state index in [1.807, 2.05) is 35.8 Å². The summed E-state index contributed by atoms with van der Waals surface area (Å²) in [6.45, 7) is 8.92. The van der Waals surface area contributed by atoms with Gasteiger partial charge in [0.05, 0.1) is 0 Å². The summed E-state index contributed by atoms with van der Waals surface area (Å²) in [5.74, 6) is 1.43. The molecule has 0 radical (unpaired) electrons. The highest BCUT2D eigenvalue weighted by Gasteiger charge is 2.26. The molecular formula is C27H36N8O3. The van der Waals surface area contributed by atoms with E-state index in [0.717, 1.165) is 48.4 Å². The summed E-state index contributed by atoms with van der Waals surface area (Å²) in [5, 5.41) is 8.52. The van der Waals surface area contributed by atoms with E-state index >= 15 is 0 Å². The predicted molar refractivity (Wildman–Crippen MR) is 147 cm³/mol. The van der Waals surface area contributed by atoms with Crippen molar-refractivity contribution < 1.29 is 4.42 Å². The molecule has 1 aromatic carbocycles. The van der Waals surface area contributed by atoms with Gasteiger partial charge in [0.1, 0.15) is 6.54 Å². The van der Waals surface area contributed by atoms with Crippen LogP contribution in [0.5, 0.6) is 0 Å². The maximum absolute atomic E-state index is 13.3. The molecule has 0 saturated carbocycles. The van der Waals surface area contributed by atoms with E-state index in [1.165, 1.54) is 37.3 Å². The molecule has 5 rings (SSSR count). The number of anilines is 1. The molecule has 1 aliphatic rings. The van der Waals surface area contributed by atoms with Crippen LogP contribution in [-0.4, -0.2) is 66.5 Å². The lowest BCUT2D eigenvalue weighted by atomic mass is 10.1. The molecule has 11 nitrogen and oxygen atoms in total. The van der Waals surface area contributed by atoms with E-state index in [1.54, 1.807) is 7.05 Å². The molecule has 4 heterocycles. The fourth-order valence-corrected chi connectivity index (χ4v) is 5.11. The second kappa shape index (κ2) is 10.9. The zero-order chi connectivity index (χ0) is 26.8. The lowest BCUT2D eigenvalue weighted by Crippen LogP contribution is -2.47. The lowest BCUT2D eigenvalue weighted by molar-refractivity contribution is 0.250. The van der Waals surface area contributed by atoms with Gasteiger partial charge >= 0.3 is 5.69 Å². The Kier molecular flexibility index (Phi) is 7.46. The van der Waals surface area contributed by atoms with Crippen molar-refractivity contribution in [3.8, 4) is 11.5 Å². The van der Waals surface area contributed by atoms with Gasteiger partial charge in [0.15, 0.2) is 11.2 Å². The van der Waals surface area contributed by atoms with Gasteiger partial charge in [-0.3, -0.25) is 23.4 Å². The Morgan fingerprint density at radius 2 is 1.76 bits per heavy atom. The second-order valence-corrected chi connectivity index (χ2v) is 10.1. The molecule has 4 aromatic rings. The molecule has 0 amide bonds. The molecule has 202 valence electrons. The molecule has 0 spiro atoms. The molecule has 3 aromatic heterocycles. The molecule has 0 unspecified atom stereocenters. The number of imidazole rings is 1. The van der Waals surface area contributed by atoms with Crippen LogP contribution in [0.25, 0.3) is 22.6 Å². The van der Waals surface area contributed by atoms with E-state index in [2.05, 4.69) is 26.9 Å². The van der Waals surface area contributed by atoms with Gasteiger partial charge in [-0.2, -0.15) is 4.98 Å². The maximum Gasteiger partial charge on any atom is 0.332 e. The monoisotopic (exact) mass is 520 g/mol. The molecule has 11 heteroatoms. The lowest BCUT2D eigenvalue weighted by Gasteiger charge is -2.35. The second-order valence-electron chi connectivity index (χ2n) is 10.1. The van der Waals surface area contributed by atoms with Crippen LogP contribution in [0.2, 0.25) is 0 Å². The number of aromatic nitrogens is 6. The predicted octanol–water partition coefficient (Wildman–Crippen LogP) is 2.54. The molecule has 0 bridgehead atoms. The number of hydrogen-bond acceptors (Lipinski definition) is 8. The Morgan fingerprint density at radius 3 is 2.50 bits per heavy atom.